The molecule has 0 spiro atoms. The maximum atomic E-state index is 6.42. The SMILES string of the molecule is c1ccc(-c2ccc(-c3cccc(C4(c5ccccc5)c5ccccc5Oc5ccccc54)c3)nn2)cc1. The molecule has 0 N–H and O–H groups in total. The van der Waals surface area contributed by atoms with E-state index in [-0.39, 0.29) is 0 Å². The Hall–Kier alpha value is -5.02. The molecule has 6 aromatic rings. The number of ether oxygens (including phenoxy) is 1. The summed E-state index contributed by atoms with van der Waals surface area (Å²) in [5, 5.41) is 9.17. The first-order valence-corrected chi connectivity index (χ1v) is 12.8. The van der Waals surface area contributed by atoms with E-state index in [1.54, 1.807) is 0 Å². The van der Waals surface area contributed by atoms with Gasteiger partial charge in [0.15, 0.2) is 0 Å². The third-order valence-electron chi connectivity index (χ3n) is 7.33. The van der Waals surface area contributed by atoms with Gasteiger partial charge in [0.2, 0.25) is 0 Å². The van der Waals surface area contributed by atoms with Crippen molar-refractivity contribution in [2.24, 2.45) is 0 Å². The molecule has 1 aromatic heterocycles. The van der Waals surface area contributed by atoms with Crippen molar-refractivity contribution in [2.45, 2.75) is 5.41 Å². The summed E-state index contributed by atoms with van der Waals surface area (Å²) in [5.74, 6) is 1.74. The Morgan fingerprint density at radius 2 is 0.921 bits per heavy atom. The van der Waals surface area contributed by atoms with Crippen LogP contribution in [-0.4, -0.2) is 10.2 Å². The lowest BCUT2D eigenvalue weighted by Gasteiger charge is -2.41. The first kappa shape index (κ1) is 22.2. The summed E-state index contributed by atoms with van der Waals surface area (Å²) in [6.07, 6.45) is 0. The van der Waals surface area contributed by atoms with Crippen molar-refractivity contribution < 1.29 is 4.74 Å². The Morgan fingerprint density at radius 1 is 0.421 bits per heavy atom. The Morgan fingerprint density at radius 3 is 1.55 bits per heavy atom. The smallest absolute Gasteiger partial charge is 0.132 e. The fourth-order valence-corrected chi connectivity index (χ4v) is 5.63. The van der Waals surface area contributed by atoms with Crippen LogP contribution in [0.15, 0.2) is 146 Å². The minimum absolute atomic E-state index is 0.555. The zero-order chi connectivity index (χ0) is 25.4. The largest absolute Gasteiger partial charge is 0.457 e. The van der Waals surface area contributed by atoms with Gasteiger partial charge < -0.3 is 4.74 Å². The van der Waals surface area contributed by atoms with Crippen LogP contribution in [0.1, 0.15) is 22.3 Å². The second-order valence-electron chi connectivity index (χ2n) is 9.46. The van der Waals surface area contributed by atoms with Gasteiger partial charge in [-0.05, 0) is 41.5 Å². The number of nitrogens with zero attached hydrogens (tertiary/aromatic N) is 2. The minimum atomic E-state index is -0.555. The fourth-order valence-electron chi connectivity index (χ4n) is 5.63. The number of fused-ring (bicyclic) bond motifs is 2. The summed E-state index contributed by atoms with van der Waals surface area (Å²) in [4.78, 5) is 0. The molecule has 7 rings (SSSR count). The highest BCUT2D eigenvalue weighted by Crippen LogP contribution is 2.55. The molecule has 0 amide bonds. The van der Waals surface area contributed by atoms with Gasteiger partial charge in [0.05, 0.1) is 16.8 Å². The molecule has 0 fully saturated rings. The zero-order valence-corrected chi connectivity index (χ0v) is 20.7. The predicted molar refractivity (Wildman–Crippen MR) is 151 cm³/mol. The maximum absolute atomic E-state index is 6.42. The molecule has 0 saturated carbocycles. The van der Waals surface area contributed by atoms with Gasteiger partial charge in [-0.2, -0.15) is 0 Å². The standard InChI is InChI=1S/C35H24N2O/c1-3-12-25(13-4-1)31-22-23-32(37-36-31)26-14-11-17-28(24-26)35(27-15-5-2-6-16-27)29-18-7-9-20-33(29)38-34-21-10-8-19-30(34)35/h1-24H. The van der Waals surface area contributed by atoms with Gasteiger partial charge in [0, 0.05) is 22.3 Å². The van der Waals surface area contributed by atoms with Gasteiger partial charge >= 0.3 is 0 Å². The average Bonchev–Trinajstić information content (AvgIpc) is 3.01. The van der Waals surface area contributed by atoms with Gasteiger partial charge in [-0.1, -0.05) is 115 Å². The van der Waals surface area contributed by atoms with E-state index in [4.69, 9.17) is 4.74 Å². The molecule has 1 aliphatic rings. The molecule has 180 valence electrons. The number of aromatic nitrogens is 2. The van der Waals surface area contributed by atoms with Gasteiger partial charge in [0.25, 0.3) is 0 Å². The Kier molecular flexibility index (Phi) is 5.33. The summed E-state index contributed by atoms with van der Waals surface area (Å²) >= 11 is 0. The van der Waals surface area contributed by atoms with Gasteiger partial charge in [0.1, 0.15) is 11.5 Å². The number of para-hydroxylation sites is 2. The highest BCUT2D eigenvalue weighted by molar-refractivity contribution is 5.72. The number of hydrogen-bond acceptors (Lipinski definition) is 3. The van der Waals surface area contributed by atoms with Crippen molar-refractivity contribution >= 4 is 0 Å². The summed E-state index contributed by atoms with van der Waals surface area (Å²) in [6.45, 7) is 0. The molecule has 2 heterocycles. The number of hydrogen-bond donors (Lipinski definition) is 0. The first-order chi connectivity index (χ1) is 18.8. The van der Waals surface area contributed by atoms with Crippen LogP contribution in [0.3, 0.4) is 0 Å². The van der Waals surface area contributed by atoms with Crippen molar-refractivity contribution in [1.29, 1.82) is 0 Å². The lowest BCUT2D eigenvalue weighted by Crippen LogP contribution is -2.34. The summed E-state index contributed by atoms with van der Waals surface area (Å²) in [5.41, 5.74) is 7.79. The molecule has 0 radical (unpaired) electrons. The molecule has 0 bridgehead atoms. The third-order valence-corrected chi connectivity index (χ3v) is 7.33. The second kappa shape index (κ2) is 9.13. The second-order valence-corrected chi connectivity index (χ2v) is 9.46. The Labute approximate surface area is 222 Å². The van der Waals surface area contributed by atoms with Crippen LogP contribution in [-0.2, 0) is 5.41 Å². The molecular weight excluding hydrogens is 464 g/mol. The minimum Gasteiger partial charge on any atom is -0.457 e. The van der Waals surface area contributed by atoms with Crippen LogP contribution < -0.4 is 4.74 Å². The molecule has 38 heavy (non-hydrogen) atoms. The van der Waals surface area contributed by atoms with E-state index in [9.17, 15) is 0 Å². The van der Waals surface area contributed by atoms with Gasteiger partial charge in [-0.3, -0.25) is 0 Å². The van der Waals surface area contributed by atoms with Crippen LogP contribution >= 0.6 is 0 Å². The van der Waals surface area contributed by atoms with E-state index in [1.165, 1.54) is 5.56 Å². The lowest BCUT2D eigenvalue weighted by molar-refractivity contribution is 0.434. The Balaban J connectivity index is 1.44. The maximum Gasteiger partial charge on any atom is 0.132 e. The molecule has 5 aromatic carbocycles. The number of benzene rings is 5. The van der Waals surface area contributed by atoms with Crippen LogP contribution in [0, 0.1) is 0 Å². The molecular formula is C35H24N2O. The van der Waals surface area contributed by atoms with Crippen molar-refractivity contribution in [1.82, 2.24) is 10.2 Å². The fraction of sp³-hybridized carbons (Fsp3) is 0.0286. The van der Waals surface area contributed by atoms with Crippen LogP contribution in [0.5, 0.6) is 11.5 Å². The molecule has 0 atom stereocenters. The van der Waals surface area contributed by atoms with Gasteiger partial charge in [-0.25, -0.2) is 0 Å². The highest BCUT2D eigenvalue weighted by Gasteiger charge is 2.45. The summed E-state index contributed by atoms with van der Waals surface area (Å²) in [6, 6.07) is 50.3. The zero-order valence-electron chi connectivity index (χ0n) is 20.7. The van der Waals surface area contributed by atoms with E-state index in [0.29, 0.717) is 0 Å². The number of rotatable bonds is 4. The van der Waals surface area contributed by atoms with E-state index >= 15 is 0 Å². The predicted octanol–water partition coefficient (Wildman–Crippen LogP) is 8.30. The molecule has 3 heteroatoms. The molecule has 1 aliphatic heterocycles. The van der Waals surface area contributed by atoms with E-state index in [1.807, 2.05) is 48.5 Å². The van der Waals surface area contributed by atoms with Crippen molar-refractivity contribution in [2.75, 3.05) is 0 Å². The molecule has 0 unspecified atom stereocenters. The summed E-state index contributed by atoms with van der Waals surface area (Å²) in [7, 11) is 0. The molecule has 0 aliphatic carbocycles. The Bertz CT molecular complexity index is 1680. The molecule has 0 saturated heterocycles. The van der Waals surface area contributed by atoms with Crippen LogP contribution in [0.2, 0.25) is 0 Å². The van der Waals surface area contributed by atoms with Crippen molar-refractivity contribution in [3.63, 3.8) is 0 Å². The summed E-state index contributed by atoms with van der Waals surface area (Å²) < 4.78 is 6.42. The van der Waals surface area contributed by atoms with E-state index < -0.39 is 5.41 Å². The molecule has 3 nitrogen and oxygen atoms in total. The van der Waals surface area contributed by atoms with Crippen molar-refractivity contribution in [3.8, 4) is 34.0 Å². The average molecular weight is 489 g/mol. The van der Waals surface area contributed by atoms with Crippen LogP contribution in [0.25, 0.3) is 22.5 Å². The topological polar surface area (TPSA) is 35.0 Å². The lowest BCUT2D eigenvalue weighted by atomic mass is 9.63. The van der Waals surface area contributed by atoms with E-state index in [2.05, 4.69) is 107 Å². The highest BCUT2D eigenvalue weighted by atomic mass is 16.5. The third kappa shape index (κ3) is 3.52. The van der Waals surface area contributed by atoms with Gasteiger partial charge in [-0.15, -0.1) is 10.2 Å². The van der Waals surface area contributed by atoms with Crippen LogP contribution in [0.4, 0.5) is 0 Å². The first-order valence-electron chi connectivity index (χ1n) is 12.8. The normalized spacial score (nSPS) is 13.2. The van der Waals surface area contributed by atoms with E-state index in [0.717, 1.165) is 50.7 Å². The quantitative estimate of drug-likeness (QED) is 0.250. The monoisotopic (exact) mass is 488 g/mol. The van der Waals surface area contributed by atoms with Crippen molar-refractivity contribution in [3.05, 3.63) is 168 Å².